The first-order valence-electron chi connectivity index (χ1n) is 5.19. The van der Waals surface area contributed by atoms with Crippen molar-refractivity contribution < 1.29 is 29.6 Å². The SMILES string of the molecule is O=C1C=CN([C@@H]2O[C@@H](CO)[C@@H](O)[C@@H]2O)C(=O)C1. The van der Waals surface area contributed by atoms with Gasteiger partial charge in [-0.15, -0.1) is 0 Å². The van der Waals surface area contributed by atoms with Crippen LogP contribution in [-0.4, -0.2) is 63.1 Å². The van der Waals surface area contributed by atoms with Crippen molar-refractivity contribution in [3.8, 4) is 0 Å². The molecule has 17 heavy (non-hydrogen) atoms. The fraction of sp³-hybridized carbons (Fsp3) is 0.600. The van der Waals surface area contributed by atoms with Gasteiger partial charge in [0.25, 0.3) is 0 Å². The zero-order valence-corrected chi connectivity index (χ0v) is 8.89. The standard InChI is InChI=1S/C10H13NO6/c12-4-6-8(15)9(16)10(17-6)11-2-1-5(13)3-7(11)14/h1-2,6,8-10,12,15-16H,3-4H2/t6-,8+,9-,10+/m0/s1. The minimum atomic E-state index is -1.31. The van der Waals surface area contributed by atoms with E-state index in [9.17, 15) is 19.8 Å². The van der Waals surface area contributed by atoms with Crippen molar-refractivity contribution in [2.45, 2.75) is 31.0 Å². The van der Waals surface area contributed by atoms with Crippen molar-refractivity contribution in [3.63, 3.8) is 0 Å². The van der Waals surface area contributed by atoms with Crippen LogP contribution >= 0.6 is 0 Å². The van der Waals surface area contributed by atoms with Gasteiger partial charge in [0.15, 0.2) is 12.0 Å². The number of ether oxygens (including phenoxy) is 1. The van der Waals surface area contributed by atoms with Crippen LogP contribution in [0.4, 0.5) is 0 Å². The van der Waals surface area contributed by atoms with Gasteiger partial charge < -0.3 is 20.1 Å². The predicted octanol–water partition coefficient (Wildman–Crippen LogP) is -2.26. The maximum Gasteiger partial charge on any atom is 0.236 e. The third-order valence-electron chi connectivity index (χ3n) is 2.83. The summed E-state index contributed by atoms with van der Waals surface area (Å²) in [5.41, 5.74) is 0. The van der Waals surface area contributed by atoms with E-state index in [0.717, 1.165) is 4.90 Å². The summed E-state index contributed by atoms with van der Waals surface area (Å²) in [6, 6.07) is 0. The maximum absolute atomic E-state index is 11.6. The highest BCUT2D eigenvalue weighted by molar-refractivity contribution is 6.06. The summed E-state index contributed by atoms with van der Waals surface area (Å²) in [7, 11) is 0. The Labute approximate surface area is 96.9 Å². The number of amides is 1. The molecule has 7 heteroatoms. The van der Waals surface area contributed by atoms with Gasteiger partial charge in [-0.2, -0.15) is 0 Å². The molecule has 0 aliphatic carbocycles. The van der Waals surface area contributed by atoms with Gasteiger partial charge in [-0.1, -0.05) is 0 Å². The first kappa shape index (κ1) is 12.2. The average molecular weight is 243 g/mol. The Morgan fingerprint density at radius 3 is 2.59 bits per heavy atom. The van der Waals surface area contributed by atoms with Gasteiger partial charge in [-0.25, -0.2) is 0 Å². The minimum absolute atomic E-state index is 0.289. The number of aliphatic hydroxyl groups excluding tert-OH is 3. The number of nitrogens with zero attached hydrogens (tertiary/aromatic N) is 1. The van der Waals surface area contributed by atoms with Crippen LogP contribution in [0.25, 0.3) is 0 Å². The number of carbonyl (C=O) groups is 2. The Morgan fingerprint density at radius 1 is 1.35 bits per heavy atom. The van der Waals surface area contributed by atoms with Crippen molar-refractivity contribution in [2.75, 3.05) is 6.61 Å². The molecule has 0 unspecified atom stereocenters. The number of ketones is 1. The Kier molecular flexibility index (Phi) is 3.25. The van der Waals surface area contributed by atoms with Gasteiger partial charge >= 0.3 is 0 Å². The molecule has 0 aromatic rings. The summed E-state index contributed by atoms with van der Waals surface area (Å²) in [6.45, 7) is -0.459. The van der Waals surface area contributed by atoms with Crippen molar-refractivity contribution in [1.82, 2.24) is 4.90 Å². The lowest BCUT2D eigenvalue weighted by molar-refractivity contribution is -0.148. The van der Waals surface area contributed by atoms with E-state index in [2.05, 4.69) is 0 Å². The molecule has 0 aromatic heterocycles. The quantitative estimate of drug-likeness (QED) is 0.472. The molecule has 7 nitrogen and oxygen atoms in total. The first-order chi connectivity index (χ1) is 8.04. The van der Waals surface area contributed by atoms with Gasteiger partial charge in [0.05, 0.1) is 13.0 Å². The van der Waals surface area contributed by atoms with Crippen LogP contribution in [-0.2, 0) is 14.3 Å². The zero-order valence-electron chi connectivity index (χ0n) is 8.89. The molecule has 2 rings (SSSR count). The average Bonchev–Trinajstić information content (AvgIpc) is 2.57. The summed E-state index contributed by atoms with van der Waals surface area (Å²) in [5, 5.41) is 28.1. The minimum Gasteiger partial charge on any atom is -0.394 e. The summed E-state index contributed by atoms with van der Waals surface area (Å²) in [6.07, 6.45) is -2.45. The highest BCUT2D eigenvalue weighted by Crippen LogP contribution is 2.25. The molecule has 0 spiro atoms. The molecule has 2 aliphatic rings. The van der Waals surface area contributed by atoms with E-state index >= 15 is 0 Å². The molecular weight excluding hydrogens is 230 g/mol. The highest BCUT2D eigenvalue weighted by atomic mass is 16.6. The summed E-state index contributed by atoms with van der Waals surface area (Å²) >= 11 is 0. The van der Waals surface area contributed by atoms with Crippen LogP contribution in [0.3, 0.4) is 0 Å². The Morgan fingerprint density at radius 2 is 2.06 bits per heavy atom. The van der Waals surface area contributed by atoms with Gasteiger partial charge in [-0.05, 0) is 6.08 Å². The van der Waals surface area contributed by atoms with Gasteiger partial charge in [0.1, 0.15) is 18.3 Å². The molecule has 0 saturated carbocycles. The molecule has 4 atom stereocenters. The van der Waals surface area contributed by atoms with Crippen LogP contribution in [0, 0.1) is 0 Å². The zero-order chi connectivity index (χ0) is 12.6. The molecule has 2 heterocycles. The lowest BCUT2D eigenvalue weighted by Crippen LogP contribution is -2.46. The molecule has 0 bridgehead atoms. The fourth-order valence-electron chi connectivity index (χ4n) is 1.88. The molecule has 0 radical (unpaired) electrons. The number of hydrogen-bond acceptors (Lipinski definition) is 6. The molecule has 1 fully saturated rings. The lowest BCUT2D eigenvalue weighted by atomic mass is 10.1. The number of aliphatic hydroxyl groups is 3. The van der Waals surface area contributed by atoms with Crippen LogP contribution in [0.2, 0.25) is 0 Å². The number of allylic oxidation sites excluding steroid dienone is 1. The van der Waals surface area contributed by atoms with E-state index in [4.69, 9.17) is 9.84 Å². The smallest absolute Gasteiger partial charge is 0.236 e. The normalized spacial score (nSPS) is 37.9. The number of hydrogen-bond donors (Lipinski definition) is 3. The van der Waals surface area contributed by atoms with Crippen molar-refractivity contribution in [1.29, 1.82) is 0 Å². The molecule has 0 aromatic carbocycles. The van der Waals surface area contributed by atoms with E-state index in [1.807, 2.05) is 0 Å². The molecule has 1 amide bonds. The molecule has 1 saturated heterocycles. The van der Waals surface area contributed by atoms with Crippen molar-refractivity contribution in [3.05, 3.63) is 12.3 Å². The monoisotopic (exact) mass is 243 g/mol. The summed E-state index contributed by atoms with van der Waals surface area (Å²) in [5.74, 6) is -0.828. The van der Waals surface area contributed by atoms with Crippen molar-refractivity contribution >= 4 is 11.7 Å². The number of rotatable bonds is 2. The van der Waals surface area contributed by atoms with E-state index < -0.39 is 37.1 Å². The maximum atomic E-state index is 11.6. The van der Waals surface area contributed by atoms with Crippen LogP contribution in [0.1, 0.15) is 6.42 Å². The molecule has 3 N–H and O–H groups in total. The predicted molar refractivity (Wildman–Crippen MR) is 53.4 cm³/mol. The number of carbonyl (C=O) groups excluding carboxylic acids is 2. The van der Waals surface area contributed by atoms with Gasteiger partial charge in [0.2, 0.25) is 5.91 Å². The van der Waals surface area contributed by atoms with E-state index in [1.54, 1.807) is 0 Å². The van der Waals surface area contributed by atoms with Crippen LogP contribution in [0.15, 0.2) is 12.3 Å². The van der Waals surface area contributed by atoms with Crippen LogP contribution in [0.5, 0.6) is 0 Å². The van der Waals surface area contributed by atoms with Gasteiger partial charge in [0, 0.05) is 6.20 Å². The molecule has 2 aliphatic heterocycles. The second-order valence-corrected chi connectivity index (χ2v) is 3.99. The third-order valence-corrected chi connectivity index (χ3v) is 2.83. The second-order valence-electron chi connectivity index (χ2n) is 3.99. The summed E-state index contributed by atoms with van der Waals surface area (Å²) in [4.78, 5) is 23.6. The fourth-order valence-corrected chi connectivity index (χ4v) is 1.88. The topological polar surface area (TPSA) is 107 Å². The third kappa shape index (κ3) is 2.09. The van der Waals surface area contributed by atoms with Crippen molar-refractivity contribution in [2.24, 2.45) is 0 Å². The van der Waals surface area contributed by atoms with E-state index in [0.29, 0.717) is 0 Å². The van der Waals surface area contributed by atoms with E-state index in [-0.39, 0.29) is 12.2 Å². The Balaban J connectivity index is 2.16. The second kappa shape index (κ2) is 4.53. The Hall–Kier alpha value is -1.28. The largest absolute Gasteiger partial charge is 0.394 e. The molecular formula is C10H13NO6. The van der Waals surface area contributed by atoms with Gasteiger partial charge in [-0.3, -0.25) is 14.5 Å². The Bertz CT molecular complexity index is 368. The summed E-state index contributed by atoms with van der Waals surface area (Å²) < 4.78 is 5.17. The van der Waals surface area contributed by atoms with Crippen LogP contribution < -0.4 is 0 Å². The highest BCUT2D eigenvalue weighted by Gasteiger charge is 2.46. The lowest BCUT2D eigenvalue weighted by Gasteiger charge is -2.28. The first-order valence-corrected chi connectivity index (χ1v) is 5.19. The molecule has 94 valence electrons. The van der Waals surface area contributed by atoms with E-state index in [1.165, 1.54) is 12.3 Å².